The number of halogens is 1. The summed E-state index contributed by atoms with van der Waals surface area (Å²) in [5, 5.41) is 0.487. The molecular weight excluding hydrogens is 260 g/mol. The lowest BCUT2D eigenvalue weighted by Gasteiger charge is -2.21. The summed E-state index contributed by atoms with van der Waals surface area (Å²) in [7, 11) is 0. The SMILES string of the molecule is CCc1ccc(N(C(N)=O)c2ccccc2Cl)cc1. The lowest BCUT2D eigenvalue weighted by Crippen LogP contribution is -2.31. The number of nitrogens with two attached hydrogens (primary N) is 1. The molecule has 19 heavy (non-hydrogen) atoms. The van der Waals surface area contributed by atoms with Crippen LogP contribution in [0.1, 0.15) is 12.5 Å². The Balaban J connectivity index is 2.46. The Hall–Kier alpha value is -2.00. The summed E-state index contributed by atoms with van der Waals surface area (Å²) in [4.78, 5) is 13.1. The van der Waals surface area contributed by atoms with Gasteiger partial charge in [-0.15, -0.1) is 0 Å². The van der Waals surface area contributed by atoms with Crippen LogP contribution in [0.3, 0.4) is 0 Å². The number of urea groups is 1. The van der Waals surface area contributed by atoms with E-state index >= 15 is 0 Å². The fourth-order valence-corrected chi connectivity index (χ4v) is 2.12. The fourth-order valence-electron chi connectivity index (χ4n) is 1.90. The first-order valence-corrected chi connectivity index (χ1v) is 6.44. The van der Waals surface area contributed by atoms with Gasteiger partial charge in [0.1, 0.15) is 0 Å². The highest BCUT2D eigenvalue weighted by Gasteiger charge is 2.17. The molecule has 0 aliphatic carbocycles. The molecule has 0 spiro atoms. The molecule has 0 atom stereocenters. The van der Waals surface area contributed by atoms with Gasteiger partial charge in [-0.25, -0.2) is 4.79 Å². The number of amides is 2. The van der Waals surface area contributed by atoms with Crippen molar-refractivity contribution in [2.45, 2.75) is 13.3 Å². The molecule has 0 radical (unpaired) electrons. The van der Waals surface area contributed by atoms with Crippen LogP contribution in [0, 0.1) is 0 Å². The van der Waals surface area contributed by atoms with Gasteiger partial charge in [0.05, 0.1) is 16.4 Å². The predicted molar refractivity (Wildman–Crippen MR) is 79.0 cm³/mol. The van der Waals surface area contributed by atoms with Crippen LogP contribution in [0.15, 0.2) is 48.5 Å². The van der Waals surface area contributed by atoms with Crippen LogP contribution in [0.2, 0.25) is 5.02 Å². The van der Waals surface area contributed by atoms with E-state index in [1.165, 1.54) is 10.5 Å². The number of hydrogen-bond donors (Lipinski definition) is 1. The quantitative estimate of drug-likeness (QED) is 0.899. The minimum Gasteiger partial charge on any atom is -0.351 e. The zero-order valence-corrected chi connectivity index (χ0v) is 11.4. The molecule has 2 aromatic rings. The maximum atomic E-state index is 11.7. The molecule has 0 aliphatic heterocycles. The molecule has 0 fully saturated rings. The smallest absolute Gasteiger partial charge is 0.323 e. The summed E-state index contributed by atoms with van der Waals surface area (Å²) >= 11 is 6.12. The molecule has 2 rings (SSSR count). The first-order valence-electron chi connectivity index (χ1n) is 6.06. The minimum absolute atomic E-state index is 0.487. The number of aryl methyl sites for hydroxylation is 1. The third-order valence-electron chi connectivity index (χ3n) is 2.92. The molecule has 0 bridgehead atoms. The topological polar surface area (TPSA) is 46.3 Å². The average Bonchev–Trinajstić information content (AvgIpc) is 2.42. The van der Waals surface area contributed by atoms with E-state index in [9.17, 15) is 4.79 Å². The molecule has 0 aliphatic rings. The van der Waals surface area contributed by atoms with Crippen LogP contribution in [0.25, 0.3) is 0 Å². The second-order valence-electron chi connectivity index (χ2n) is 4.15. The molecule has 2 aromatic carbocycles. The van der Waals surface area contributed by atoms with Gasteiger partial charge in [0.2, 0.25) is 0 Å². The average molecular weight is 275 g/mol. The molecule has 0 heterocycles. The van der Waals surface area contributed by atoms with Gasteiger partial charge in [-0.2, -0.15) is 0 Å². The molecule has 4 heteroatoms. The highest BCUT2D eigenvalue weighted by Crippen LogP contribution is 2.31. The second-order valence-corrected chi connectivity index (χ2v) is 4.55. The Morgan fingerprint density at radius 2 is 1.79 bits per heavy atom. The van der Waals surface area contributed by atoms with Crippen molar-refractivity contribution in [2.75, 3.05) is 4.90 Å². The molecule has 0 aromatic heterocycles. The van der Waals surface area contributed by atoms with Gasteiger partial charge in [0.15, 0.2) is 0 Å². The van der Waals surface area contributed by atoms with Crippen molar-refractivity contribution in [3.8, 4) is 0 Å². The van der Waals surface area contributed by atoms with Crippen LogP contribution in [0.5, 0.6) is 0 Å². The van der Waals surface area contributed by atoms with E-state index in [0.29, 0.717) is 16.4 Å². The van der Waals surface area contributed by atoms with Gasteiger partial charge in [0.25, 0.3) is 0 Å². The van der Waals surface area contributed by atoms with Gasteiger partial charge in [0, 0.05) is 0 Å². The molecule has 0 unspecified atom stereocenters. The normalized spacial score (nSPS) is 10.2. The highest BCUT2D eigenvalue weighted by atomic mass is 35.5. The Labute approximate surface area is 117 Å². The fraction of sp³-hybridized carbons (Fsp3) is 0.133. The van der Waals surface area contributed by atoms with Crippen molar-refractivity contribution in [2.24, 2.45) is 5.73 Å². The maximum Gasteiger partial charge on any atom is 0.323 e. The number of nitrogens with zero attached hydrogens (tertiary/aromatic N) is 1. The van der Waals surface area contributed by atoms with Crippen LogP contribution in [-0.2, 0) is 6.42 Å². The first kappa shape index (κ1) is 13.4. The van der Waals surface area contributed by atoms with E-state index < -0.39 is 6.03 Å². The van der Waals surface area contributed by atoms with Crippen LogP contribution in [-0.4, -0.2) is 6.03 Å². The lowest BCUT2D eigenvalue weighted by atomic mass is 10.1. The van der Waals surface area contributed by atoms with Crippen molar-refractivity contribution < 1.29 is 4.79 Å². The largest absolute Gasteiger partial charge is 0.351 e. The Morgan fingerprint density at radius 1 is 1.16 bits per heavy atom. The Bertz CT molecular complexity index is 581. The van der Waals surface area contributed by atoms with E-state index in [0.717, 1.165) is 6.42 Å². The van der Waals surface area contributed by atoms with Crippen LogP contribution < -0.4 is 10.6 Å². The number of anilines is 2. The molecule has 0 saturated heterocycles. The number of carbonyl (C=O) groups excluding carboxylic acids is 1. The van der Waals surface area contributed by atoms with Gasteiger partial charge >= 0.3 is 6.03 Å². The maximum absolute atomic E-state index is 11.7. The van der Waals surface area contributed by atoms with Gasteiger partial charge in [-0.3, -0.25) is 4.90 Å². The molecule has 0 saturated carbocycles. The van der Waals surface area contributed by atoms with E-state index in [-0.39, 0.29) is 0 Å². The second kappa shape index (κ2) is 5.76. The molecule has 2 amide bonds. The van der Waals surface area contributed by atoms with Crippen molar-refractivity contribution in [3.05, 3.63) is 59.1 Å². The van der Waals surface area contributed by atoms with Crippen molar-refractivity contribution in [1.29, 1.82) is 0 Å². The predicted octanol–water partition coefficient (Wildman–Crippen LogP) is 4.12. The third kappa shape index (κ3) is 2.88. The molecule has 98 valence electrons. The summed E-state index contributed by atoms with van der Waals surface area (Å²) in [5.74, 6) is 0. The van der Waals surface area contributed by atoms with Gasteiger partial charge in [-0.05, 0) is 36.2 Å². The molecular formula is C15H15ClN2O. The first-order chi connectivity index (χ1) is 9.13. The van der Waals surface area contributed by atoms with Crippen molar-refractivity contribution >= 4 is 29.0 Å². The summed E-state index contributed by atoms with van der Waals surface area (Å²) in [6.07, 6.45) is 0.947. The number of rotatable bonds is 3. The van der Waals surface area contributed by atoms with E-state index in [1.807, 2.05) is 36.4 Å². The highest BCUT2D eigenvalue weighted by molar-refractivity contribution is 6.34. The standard InChI is InChI=1S/C15H15ClN2O/c1-2-11-7-9-12(10-8-11)18(15(17)19)14-6-4-3-5-13(14)16/h3-10H,2H2,1H3,(H2,17,19). The van der Waals surface area contributed by atoms with E-state index in [4.69, 9.17) is 17.3 Å². The zero-order chi connectivity index (χ0) is 13.8. The Kier molecular flexibility index (Phi) is 4.07. The van der Waals surface area contributed by atoms with Crippen LogP contribution >= 0.6 is 11.6 Å². The van der Waals surface area contributed by atoms with Gasteiger partial charge in [-0.1, -0.05) is 42.8 Å². The summed E-state index contributed by atoms with van der Waals surface area (Å²) < 4.78 is 0. The number of hydrogen-bond acceptors (Lipinski definition) is 1. The monoisotopic (exact) mass is 274 g/mol. The van der Waals surface area contributed by atoms with Gasteiger partial charge < -0.3 is 5.73 Å². The van der Waals surface area contributed by atoms with E-state index in [2.05, 4.69) is 6.92 Å². The van der Waals surface area contributed by atoms with Crippen molar-refractivity contribution in [3.63, 3.8) is 0 Å². The zero-order valence-electron chi connectivity index (χ0n) is 10.6. The minimum atomic E-state index is -0.558. The summed E-state index contributed by atoms with van der Waals surface area (Å²) in [6, 6.07) is 14.2. The number of carbonyl (C=O) groups is 1. The summed E-state index contributed by atoms with van der Waals surface area (Å²) in [6.45, 7) is 2.08. The third-order valence-corrected chi connectivity index (χ3v) is 3.24. The Morgan fingerprint density at radius 3 is 2.32 bits per heavy atom. The lowest BCUT2D eigenvalue weighted by molar-refractivity contribution is 0.256. The molecule has 2 N–H and O–H groups in total. The number of benzene rings is 2. The van der Waals surface area contributed by atoms with Crippen LogP contribution in [0.4, 0.5) is 16.2 Å². The van der Waals surface area contributed by atoms with Crippen molar-refractivity contribution in [1.82, 2.24) is 0 Å². The van der Waals surface area contributed by atoms with E-state index in [1.54, 1.807) is 12.1 Å². The molecule has 3 nitrogen and oxygen atoms in total. The number of primary amides is 1. The number of para-hydroxylation sites is 1. The summed E-state index contributed by atoms with van der Waals surface area (Å²) in [5.41, 5.74) is 7.96.